The average molecular weight is 270 g/mol. The van der Waals surface area contributed by atoms with Gasteiger partial charge in [-0.2, -0.15) is 0 Å². The van der Waals surface area contributed by atoms with Gasteiger partial charge in [-0.1, -0.05) is 23.2 Å². The molecule has 88 valence electrons. The topological polar surface area (TPSA) is 37.4 Å². The number of hydrogen-bond acceptors (Lipinski definition) is 2. The Balaban J connectivity index is 2.26. The molecule has 1 aromatic carbocycles. The first-order chi connectivity index (χ1) is 8.00. The molecule has 0 fully saturated rings. The SMILES string of the molecule is CC(=O)c1ccc(N2CC(Cl)=C(Cl)C2=O)cc1. The van der Waals surface area contributed by atoms with Gasteiger partial charge in [-0.3, -0.25) is 9.59 Å². The molecule has 0 N–H and O–H groups in total. The number of carbonyl (C=O) groups is 2. The summed E-state index contributed by atoms with van der Waals surface area (Å²) in [7, 11) is 0. The Labute approximate surface area is 109 Å². The molecule has 0 spiro atoms. The second-order valence-corrected chi connectivity index (χ2v) is 4.55. The molecule has 1 aliphatic rings. The third kappa shape index (κ3) is 2.21. The Kier molecular flexibility index (Phi) is 3.22. The van der Waals surface area contributed by atoms with Crippen molar-refractivity contribution in [1.82, 2.24) is 0 Å². The summed E-state index contributed by atoms with van der Waals surface area (Å²) in [6.45, 7) is 1.77. The second kappa shape index (κ2) is 4.51. The van der Waals surface area contributed by atoms with Gasteiger partial charge in [0.1, 0.15) is 5.03 Å². The average Bonchev–Trinajstić information content (AvgIpc) is 2.57. The second-order valence-electron chi connectivity index (χ2n) is 3.71. The molecule has 1 heterocycles. The third-order valence-electron chi connectivity index (χ3n) is 2.55. The molecule has 0 atom stereocenters. The zero-order chi connectivity index (χ0) is 12.6. The van der Waals surface area contributed by atoms with Crippen molar-refractivity contribution in [3.8, 4) is 0 Å². The van der Waals surface area contributed by atoms with Crippen molar-refractivity contribution in [3.63, 3.8) is 0 Å². The van der Waals surface area contributed by atoms with Gasteiger partial charge < -0.3 is 4.90 Å². The molecular weight excluding hydrogens is 261 g/mol. The van der Waals surface area contributed by atoms with Crippen molar-refractivity contribution in [3.05, 3.63) is 39.9 Å². The summed E-state index contributed by atoms with van der Waals surface area (Å²) < 4.78 is 0. The van der Waals surface area contributed by atoms with Gasteiger partial charge in [0.2, 0.25) is 0 Å². The van der Waals surface area contributed by atoms with Gasteiger partial charge in [0.15, 0.2) is 5.78 Å². The number of hydrogen-bond donors (Lipinski definition) is 0. The van der Waals surface area contributed by atoms with Crippen molar-refractivity contribution in [2.45, 2.75) is 6.92 Å². The van der Waals surface area contributed by atoms with Crippen LogP contribution in [-0.2, 0) is 4.79 Å². The summed E-state index contributed by atoms with van der Waals surface area (Å²) in [5.74, 6) is -0.328. The molecule has 17 heavy (non-hydrogen) atoms. The van der Waals surface area contributed by atoms with Gasteiger partial charge in [0, 0.05) is 11.3 Å². The fraction of sp³-hybridized carbons (Fsp3) is 0.167. The van der Waals surface area contributed by atoms with E-state index in [0.717, 1.165) is 0 Å². The lowest BCUT2D eigenvalue weighted by molar-refractivity contribution is -0.114. The maximum Gasteiger partial charge on any atom is 0.271 e. The van der Waals surface area contributed by atoms with Crippen LogP contribution >= 0.6 is 23.2 Å². The standard InChI is InChI=1S/C12H9Cl2NO2/c1-7(16)8-2-4-9(5-3-8)15-6-10(13)11(14)12(15)17/h2-5H,6H2,1H3. The quantitative estimate of drug-likeness (QED) is 0.775. The van der Waals surface area contributed by atoms with Crippen molar-refractivity contribution in [2.75, 3.05) is 11.4 Å². The van der Waals surface area contributed by atoms with Gasteiger partial charge >= 0.3 is 0 Å². The van der Waals surface area contributed by atoms with Gasteiger partial charge in [-0.05, 0) is 31.2 Å². The van der Waals surface area contributed by atoms with Crippen molar-refractivity contribution < 1.29 is 9.59 Å². The van der Waals surface area contributed by atoms with Crippen LogP contribution in [0.15, 0.2) is 34.3 Å². The molecule has 0 saturated carbocycles. The summed E-state index contributed by atoms with van der Waals surface area (Å²) in [6, 6.07) is 6.75. The number of anilines is 1. The monoisotopic (exact) mass is 269 g/mol. The zero-order valence-electron chi connectivity index (χ0n) is 9.04. The van der Waals surface area contributed by atoms with Crippen molar-refractivity contribution in [2.24, 2.45) is 0 Å². The lowest BCUT2D eigenvalue weighted by Gasteiger charge is -2.16. The highest BCUT2D eigenvalue weighted by molar-refractivity contribution is 6.51. The lowest BCUT2D eigenvalue weighted by atomic mass is 10.1. The molecule has 0 radical (unpaired) electrons. The Morgan fingerprint density at radius 3 is 2.24 bits per heavy atom. The molecule has 0 aliphatic carbocycles. The van der Waals surface area contributed by atoms with Crippen LogP contribution in [-0.4, -0.2) is 18.2 Å². The maximum absolute atomic E-state index is 11.7. The summed E-state index contributed by atoms with van der Waals surface area (Å²) in [4.78, 5) is 24.3. The number of halogens is 2. The molecule has 0 unspecified atom stereocenters. The number of amides is 1. The summed E-state index contributed by atoms with van der Waals surface area (Å²) in [5.41, 5.74) is 1.28. The summed E-state index contributed by atoms with van der Waals surface area (Å²) >= 11 is 11.6. The van der Waals surface area contributed by atoms with E-state index in [1.54, 1.807) is 24.3 Å². The van der Waals surface area contributed by atoms with E-state index in [1.165, 1.54) is 11.8 Å². The van der Waals surface area contributed by atoms with Crippen LogP contribution in [0.25, 0.3) is 0 Å². The van der Waals surface area contributed by atoms with Crippen LogP contribution in [0, 0.1) is 0 Å². The van der Waals surface area contributed by atoms with Gasteiger partial charge in [0.05, 0.1) is 11.6 Å². The minimum absolute atomic E-state index is 0.0153. The number of rotatable bonds is 2. The van der Waals surface area contributed by atoms with Gasteiger partial charge in [-0.15, -0.1) is 0 Å². The highest BCUT2D eigenvalue weighted by atomic mass is 35.5. The highest BCUT2D eigenvalue weighted by Gasteiger charge is 2.29. The predicted octanol–water partition coefficient (Wildman–Crippen LogP) is 2.93. The Hall–Kier alpha value is -1.32. The molecule has 2 rings (SSSR count). The number of Topliss-reactive ketones (excluding diaryl/α,β-unsaturated/α-hetero) is 1. The minimum Gasteiger partial charge on any atom is -0.302 e. The zero-order valence-corrected chi connectivity index (χ0v) is 10.5. The number of nitrogens with zero attached hydrogens (tertiary/aromatic N) is 1. The van der Waals surface area contributed by atoms with Crippen molar-refractivity contribution in [1.29, 1.82) is 0 Å². The maximum atomic E-state index is 11.7. The van der Waals surface area contributed by atoms with E-state index < -0.39 is 0 Å². The van der Waals surface area contributed by atoms with Crippen molar-refractivity contribution >= 4 is 40.6 Å². The predicted molar refractivity (Wildman–Crippen MR) is 67.5 cm³/mol. The third-order valence-corrected chi connectivity index (χ3v) is 3.35. The van der Waals surface area contributed by atoms with E-state index in [0.29, 0.717) is 16.3 Å². The number of ketones is 1. The Morgan fingerprint density at radius 1 is 1.24 bits per heavy atom. The van der Waals surface area contributed by atoms with Crippen LogP contribution in [0.3, 0.4) is 0 Å². The smallest absolute Gasteiger partial charge is 0.271 e. The summed E-state index contributed by atoms with van der Waals surface area (Å²) in [6.07, 6.45) is 0. The first kappa shape index (κ1) is 12.1. The van der Waals surface area contributed by atoms with Crippen LogP contribution in [0.1, 0.15) is 17.3 Å². The number of benzene rings is 1. The van der Waals surface area contributed by atoms with Gasteiger partial charge in [0.25, 0.3) is 5.91 Å². The van der Waals surface area contributed by atoms with E-state index >= 15 is 0 Å². The first-order valence-electron chi connectivity index (χ1n) is 4.97. The van der Waals surface area contributed by atoms with E-state index in [1.807, 2.05) is 0 Å². The largest absolute Gasteiger partial charge is 0.302 e. The van der Waals surface area contributed by atoms with E-state index in [4.69, 9.17) is 23.2 Å². The van der Waals surface area contributed by atoms with Crippen LogP contribution in [0.4, 0.5) is 5.69 Å². The van der Waals surface area contributed by atoms with E-state index in [2.05, 4.69) is 0 Å². The molecule has 0 bridgehead atoms. The molecule has 1 amide bonds. The molecule has 0 aromatic heterocycles. The Bertz CT molecular complexity index is 520. The fourth-order valence-electron chi connectivity index (χ4n) is 1.60. The van der Waals surface area contributed by atoms with Crippen LogP contribution in [0.2, 0.25) is 0 Å². The van der Waals surface area contributed by atoms with E-state index in [9.17, 15) is 9.59 Å². The highest BCUT2D eigenvalue weighted by Crippen LogP contribution is 2.29. The van der Waals surface area contributed by atoms with Gasteiger partial charge in [-0.25, -0.2) is 0 Å². The first-order valence-corrected chi connectivity index (χ1v) is 5.73. The van der Waals surface area contributed by atoms with E-state index in [-0.39, 0.29) is 23.3 Å². The van der Waals surface area contributed by atoms with Crippen LogP contribution in [0.5, 0.6) is 0 Å². The summed E-state index contributed by atoms with van der Waals surface area (Å²) in [5, 5.41) is 0.398. The fourth-order valence-corrected chi connectivity index (χ4v) is 1.96. The molecule has 3 nitrogen and oxygen atoms in total. The molecular formula is C12H9Cl2NO2. The molecule has 5 heteroatoms. The lowest BCUT2D eigenvalue weighted by Crippen LogP contribution is -2.25. The Morgan fingerprint density at radius 2 is 1.82 bits per heavy atom. The normalized spacial score (nSPS) is 15.7. The van der Waals surface area contributed by atoms with Crippen LogP contribution < -0.4 is 4.90 Å². The number of carbonyl (C=O) groups excluding carboxylic acids is 2. The molecule has 1 aromatic rings. The molecule has 1 aliphatic heterocycles. The minimum atomic E-state index is -0.313. The molecule has 0 saturated heterocycles.